The standard InChI is InChI=1S/C11H20N4/c1-8(2)15-11(13-7-14-15)6-10(12)5-9-3-4-9/h7-10H,3-6,12H2,1-2H3. The number of nitrogens with two attached hydrogens (primary N) is 1. The van der Waals surface area contributed by atoms with E-state index >= 15 is 0 Å². The van der Waals surface area contributed by atoms with Gasteiger partial charge in [0.2, 0.25) is 0 Å². The maximum Gasteiger partial charge on any atom is 0.138 e. The average molecular weight is 208 g/mol. The molecule has 1 atom stereocenters. The Morgan fingerprint density at radius 1 is 1.53 bits per heavy atom. The highest BCUT2D eigenvalue weighted by Gasteiger charge is 2.24. The van der Waals surface area contributed by atoms with E-state index in [4.69, 9.17) is 5.73 Å². The first-order valence-corrected chi connectivity index (χ1v) is 5.80. The Hall–Kier alpha value is -0.900. The van der Waals surface area contributed by atoms with Gasteiger partial charge in [0.1, 0.15) is 12.2 Å². The quantitative estimate of drug-likeness (QED) is 0.798. The van der Waals surface area contributed by atoms with Gasteiger partial charge in [-0.15, -0.1) is 0 Å². The van der Waals surface area contributed by atoms with Crippen molar-refractivity contribution in [2.45, 2.75) is 51.6 Å². The largest absolute Gasteiger partial charge is 0.327 e. The van der Waals surface area contributed by atoms with Gasteiger partial charge in [-0.2, -0.15) is 5.10 Å². The molecular weight excluding hydrogens is 188 g/mol. The Morgan fingerprint density at radius 3 is 2.87 bits per heavy atom. The summed E-state index contributed by atoms with van der Waals surface area (Å²) in [4.78, 5) is 4.28. The van der Waals surface area contributed by atoms with Crippen molar-refractivity contribution in [2.75, 3.05) is 0 Å². The molecule has 1 aliphatic carbocycles. The van der Waals surface area contributed by atoms with Crippen molar-refractivity contribution >= 4 is 0 Å². The fraction of sp³-hybridized carbons (Fsp3) is 0.818. The molecule has 2 rings (SSSR count). The van der Waals surface area contributed by atoms with Crippen LogP contribution in [-0.2, 0) is 6.42 Å². The number of nitrogens with zero attached hydrogens (tertiary/aromatic N) is 3. The van der Waals surface area contributed by atoms with Crippen LogP contribution in [0.25, 0.3) is 0 Å². The van der Waals surface area contributed by atoms with Crippen molar-refractivity contribution < 1.29 is 0 Å². The van der Waals surface area contributed by atoms with Crippen LogP contribution in [0.1, 0.15) is 45.0 Å². The molecule has 84 valence electrons. The van der Waals surface area contributed by atoms with Gasteiger partial charge < -0.3 is 5.73 Å². The minimum absolute atomic E-state index is 0.249. The predicted molar refractivity (Wildman–Crippen MR) is 59.4 cm³/mol. The van der Waals surface area contributed by atoms with E-state index in [0.717, 1.165) is 24.6 Å². The molecule has 15 heavy (non-hydrogen) atoms. The third kappa shape index (κ3) is 2.78. The summed E-state index contributed by atoms with van der Waals surface area (Å²) in [5.41, 5.74) is 6.09. The molecule has 1 aromatic rings. The normalized spacial score (nSPS) is 18.4. The molecule has 1 aromatic heterocycles. The smallest absolute Gasteiger partial charge is 0.138 e. The highest BCUT2D eigenvalue weighted by atomic mass is 15.3. The Bertz CT molecular complexity index is 314. The summed E-state index contributed by atoms with van der Waals surface area (Å²) >= 11 is 0. The second-order valence-corrected chi connectivity index (χ2v) is 4.86. The molecule has 0 aliphatic heterocycles. The lowest BCUT2D eigenvalue weighted by Crippen LogP contribution is -2.25. The van der Waals surface area contributed by atoms with E-state index in [2.05, 4.69) is 23.9 Å². The molecule has 1 heterocycles. The van der Waals surface area contributed by atoms with Crippen LogP contribution in [0.15, 0.2) is 6.33 Å². The lowest BCUT2D eigenvalue weighted by molar-refractivity contribution is 0.476. The zero-order chi connectivity index (χ0) is 10.8. The van der Waals surface area contributed by atoms with E-state index in [-0.39, 0.29) is 6.04 Å². The number of hydrogen-bond acceptors (Lipinski definition) is 3. The summed E-state index contributed by atoms with van der Waals surface area (Å²) in [7, 11) is 0. The van der Waals surface area contributed by atoms with Gasteiger partial charge in [0.05, 0.1) is 0 Å². The van der Waals surface area contributed by atoms with Gasteiger partial charge in [-0.25, -0.2) is 9.67 Å². The SMILES string of the molecule is CC(C)n1ncnc1CC(N)CC1CC1. The highest BCUT2D eigenvalue weighted by Crippen LogP contribution is 2.33. The van der Waals surface area contributed by atoms with Crippen LogP contribution in [0.3, 0.4) is 0 Å². The minimum Gasteiger partial charge on any atom is -0.327 e. The Labute approximate surface area is 90.9 Å². The van der Waals surface area contributed by atoms with Gasteiger partial charge in [0.25, 0.3) is 0 Å². The van der Waals surface area contributed by atoms with Gasteiger partial charge in [-0.1, -0.05) is 12.8 Å². The Balaban J connectivity index is 1.93. The average Bonchev–Trinajstić information content (AvgIpc) is 2.82. The summed E-state index contributed by atoms with van der Waals surface area (Å²) in [6, 6.07) is 0.620. The van der Waals surface area contributed by atoms with Crippen molar-refractivity contribution in [2.24, 2.45) is 11.7 Å². The molecule has 4 heteroatoms. The summed E-state index contributed by atoms with van der Waals surface area (Å²) in [5, 5.41) is 4.21. The van der Waals surface area contributed by atoms with Gasteiger partial charge >= 0.3 is 0 Å². The first-order chi connectivity index (χ1) is 7.16. The van der Waals surface area contributed by atoms with Gasteiger partial charge in [0, 0.05) is 18.5 Å². The first kappa shape index (κ1) is 10.6. The molecule has 2 N–H and O–H groups in total. The molecule has 0 amide bonds. The molecule has 1 aliphatic rings. The van der Waals surface area contributed by atoms with Crippen molar-refractivity contribution in [3.05, 3.63) is 12.2 Å². The Morgan fingerprint density at radius 2 is 2.27 bits per heavy atom. The fourth-order valence-corrected chi connectivity index (χ4v) is 1.95. The van der Waals surface area contributed by atoms with Crippen LogP contribution < -0.4 is 5.73 Å². The lowest BCUT2D eigenvalue weighted by Gasteiger charge is -2.13. The van der Waals surface area contributed by atoms with Gasteiger partial charge in [0.15, 0.2) is 0 Å². The first-order valence-electron chi connectivity index (χ1n) is 5.80. The van der Waals surface area contributed by atoms with Crippen molar-refractivity contribution in [1.82, 2.24) is 14.8 Å². The van der Waals surface area contributed by atoms with Crippen LogP contribution in [0.2, 0.25) is 0 Å². The van der Waals surface area contributed by atoms with Crippen LogP contribution >= 0.6 is 0 Å². The van der Waals surface area contributed by atoms with Crippen LogP contribution in [0.5, 0.6) is 0 Å². The van der Waals surface area contributed by atoms with Gasteiger partial charge in [-0.05, 0) is 26.2 Å². The summed E-state index contributed by atoms with van der Waals surface area (Å²) < 4.78 is 1.97. The fourth-order valence-electron chi connectivity index (χ4n) is 1.95. The van der Waals surface area contributed by atoms with Crippen molar-refractivity contribution in [3.8, 4) is 0 Å². The van der Waals surface area contributed by atoms with Crippen LogP contribution in [0, 0.1) is 5.92 Å². The molecular formula is C11H20N4. The highest BCUT2D eigenvalue weighted by molar-refractivity contribution is 4.92. The molecule has 4 nitrogen and oxygen atoms in total. The topological polar surface area (TPSA) is 56.7 Å². The zero-order valence-corrected chi connectivity index (χ0v) is 9.56. The van der Waals surface area contributed by atoms with E-state index in [1.54, 1.807) is 6.33 Å². The van der Waals surface area contributed by atoms with E-state index in [9.17, 15) is 0 Å². The molecule has 0 bridgehead atoms. The van der Waals surface area contributed by atoms with Crippen molar-refractivity contribution in [3.63, 3.8) is 0 Å². The van der Waals surface area contributed by atoms with E-state index in [1.165, 1.54) is 12.8 Å². The molecule has 0 saturated heterocycles. The minimum atomic E-state index is 0.249. The maximum atomic E-state index is 6.09. The monoisotopic (exact) mass is 208 g/mol. The third-order valence-electron chi connectivity index (χ3n) is 2.91. The predicted octanol–water partition coefficient (Wildman–Crippen LogP) is 1.53. The van der Waals surface area contributed by atoms with E-state index in [1.807, 2.05) is 4.68 Å². The second kappa shape index (κ2) is 4.31. The molecule has 0 spiro atoms. The summed E-state index contributed by atoms with van der Waals surface area (Å²) in [6.07, 6.45) is 6.36. The number of rotatable bonds is 5. The molecule has 0 radical (unpaired) electrons. The number of aromatic nitrogens is 3. The second-order valence-electron chi connectivity index (χ2n) is 4.86. The molecule has 1 unspecified atom stereocenters. The molecule has 1 fully saturated rings. The summed E-state index contributed by atoms with van der Waals surface area (Å²) in [5.74, 6) is 1.91. The maximum absolute atomic E-state index is 6.09. The van der Waals surface area contributed by atoms with Crippen molar-refractivity contribution in [1.29, 1.82) is 0 Å². The van der Waals surface area contributed by atoms with Crippen LogP contribution in [0.4, 0.5) is 0 Å². The molecule has 0 aromatic carbocycles. The number of hydrogen-bond donors (Lipinski definition) is 1. The van der Waals surface area contributed by atoms with Crippen LogP contribution in [-0.4, -0.2) is 20.8 Å². The third-order valence-corrected chi connectivity index (χ3v) is 2.91. The Kier molecular flexibility index (Phi) is 3.05. The van der Waals surface area contributed by atoms with E-state index in [0.29, 0.717) is 6.04 Å². The van der Waals surface area contributed by atoms with Gasteiger partial charge in [-0.3, -0.25) is 0 Å². The molecule has 1 saturated carbocycles. The summed E-state index contributed by atoms with van der Waals surface area (Å²) in [6.45, 7) is 4.23. The van der Waals surface area contributed by atoms with E-state index < -0.39 is 0 Å². The lowest BCUT2D eigenvalue weighted by atomic mass is 10.1. The zero-order valence-electron chi connectivity index (χ0n) is 9.56.